The molecule has 3 atom stereocenters. The van der Waals surface area contributed by atoms with Crippen LogP contribution in [0.3, 0.4) is 0 Å². The predicted molar refractivity (Wildman–Crippen MR) is 72.6 cm³/mol. The standard InChI is InChI=1S/C14H18O3.CH4O/c1-10-7-8-12(9-10)14(17,13(15)16)11-5-3-2-4-6-11;1-2/h2-6,10,12,17H,7-9H2,1H3,(H,15,16);2H,1H3. The van der Waals surface area contributed by atoms with E-state index in [9.17, 15) is 15.0 Å². The van der Waals surface area contributed by atoms with Gasteiger partial charge in [-0.1, -0.05) is 43.7 Å². The van der Waals surface area contributed by atoms with E-state index in [2.05, 4.69) is 6.92 Å². The Morgan fingerprint density at radius 2 is 1.79 bits per heavy atom. The van der Waals surface area contributed by atoms with Crippen LogP contribution < -0.4 is 0 Å². The molecule has 19 heavy (non-hydrogen) atoms. The SMILES string of the molecule is CC1CCC(C(O)(C(=O)O)c2ccccc2)C1.CO. The van der Waals surface area contributed by atoms with Crippen molar-refractivity contribution in [2.45, 2.75) is 31.8 Å². The summed E-state index contributed by atoms with van der Waals surface area (Å²) >= 11 is 0. The van der Waals surface area contributed by atoms with Crippen molar-refractivity contribution in [1.82, 2.24) is 0 Å². The van der Waals surface area contributed by atoms with E-state index < -0.39 is 11.6 Å². The van der Waals surface area contributed by atoms with Crippen molar-refractivity contribution in [1.29, 1.82) is 0 Å². The van der Waals surface area contributed by atoms with Crippen LogP contribution in [-0.4, -0.2) is 28.4 Å². The first-order valence-electron chi connectivity index (χ1n) is 6.51. The van der Waals surface area contributed by atoms with Gasteiger partial charge in [0.05, 0.1) is 0 Å². The number of carboxylic acid groups (broad SMARTS) is 1. The van der Waals surface area contributed by atoms with Crippen LogP contribution in [0.1, 0.15) is 31.7 Å². The molecule has 0 aromatic heterocycles. The summed E-state index contributed by atoms with van der Waals surface area (Å²) in [5.74, 6) is -0.824. The molecule has 1 aromatic rings. The second-order valence-corrected chi connectivity index (χ2v) is 5.05. The fraction of sp³-hybridized carbons (Fsp3) is 0.533. The lowest BCUT2D eigenvalue weighted by Gasteiger charge is -2.30. The van der Waals surface area contributed by atoms with Crippen LogP contribution in [0.2, 0.25) is 0 Å². The molecule has 4 nitrogen and oxygen atoms in total. The molecule has 1 aliphatic carbocycles. The highest BCUT2D eigenvalue weighted by molar-refractivity contribution is 5.79. The van der Waals surface area contributed by atoms with Crippen molar-refractivity contribution < 1.29 is 20.1 Å². The first-order chi connectivity index (χ1) is 9.05. The van der Waals surface area contributed by atoms with Gasteiger partial charge in [-0.3, -0.25) is 0 Å². The molecule has 3 N–H and O–H groups in total. The van der Waals surface area contributed by atoms with E-state index in [1.165, 1.54) is 0 Å². The Morgan fingerprint density at radius 3 is 2.21 bits per heavy atom. The van der Waals surface area contributed by atoms with Crippen molar-refractivity contribution in [2.75, 3.05) is 7.11 Å². The van der Waals surface area contributed by atoms with E-state index in [1.54, 1.807) is 24.3 Å². The van der Waals surface area contributed by atoms with Crippen molar-refractivity contribution in [2.24, 2.45) is 11.8 Å². The number of aliphatic hydroxyl groups excluding tert-OH is 1. The van der Waals surface area contributed by atoms with Gasteiger partial charge >= 0.3 is 5.97 Å². The molecular formula is C15H22O4. The van der Waals surface area contributed by atoms with E-state index >= 15 is 0 Å². The highest BCUT2D eigenvalue weighted by atomic mass is 16.4. The summed E-state index contributed by atoms with van der Waals surface area (Å²) in [4.78, 5) is 11.5. The number of rotatable bonds is 3. The van der Waals surface area contributed by atoms with Gasteiger partial charge in [-0.2, -0.15) is 0 Å². The summed E-state index contributed by atoms with van der Waals surface area (Å²) < 4.78 is 0. The molecule has 0 bridgehead atoms. The predicted octanol–water partition coefficient (Wildman–Crippen LogP) is 2.00. The lowest BCUT2D eigenvalue weighted by molar-refractivity contribution is -0.166. The number of hydrogen-bond acceptors (Lipinski definition) is 3. The number of benzene rings is 1. The molecule has 0 heterocycles. The second kappa shape index (κ2) is 6.68. The average molecular weight is 266 g/mol. The van der Waals surface area contributed by atoms with Crippen LogP contribution in [0.4, 0.5) is 0 Å². The molecular weight excluding hydrogens is 244 g/mol. The Kier molecular flexibility index (Phi) is 5.51. The Balaban J connectivity index is 0.000000861. The van der Waals surface area contributed by atoms with Gasteiger partial charge in [0.2, 0.25) is 0 Å². The Labute approximate surface area is 113 Å². The maximum Gasteiger partial charge on any atom is 0.340 e. The molecule has 0 spiro atoms. The lowest BCUT2D eigenvalue weighted by atomic mass is 9.80. The van der Waals surface area contributed by atoms with E-state index in [0.29, 0.717) is 11.5 Å². The third kappa shape index (κ3) is 3.14. The van der Waals surface area contributed by atoms with Gasteiger partial charge in [0.1, 0.15) is 0 Å². The number of carboxylic acids is 1. The normalized spacial score (nSPS) is 25.1. The molecule has 0 aliphatic heterocycles. The van der Waals surface area contributed by atoms with Gasteiger partial charge in [0.15, 0.2) is 5.60 Å². The molecule has 2 rings (SSSR count). The summed E-state index contributed by atoms with van der Waals surface area (Å²) in [6, 6.07) is 8.74. The molecule has 0 saturated heterocycles. The first kappa shape index (κ1) is 15.7. The fourth-order valence-electron chi connectivity index (χ4n) is 2.81. The van der Waals surface area contributed by atoms with E-state index in [-0.39, 0.29) is 5.92 Å². The minimum absolute atomic E-state index is 0.183. The zero-order chi connectivity index (χ0) is 14.5. The molecule has 1 aromatic carbocycles. The maximum atomic E-state index is 11.5. The van der Waals surface area contributed by atoms with Crippen molar-refractivity contribution in [3.05, 3.63) is 35.9 Å². The van der Waals surface area contributed by atoms with E-state index in [4.69, 9.17) is 5.11 Å². The highest BCUT2D eigenvalue weighted by Crippen LogP contribution is 2.43. The second-order valence-electron chi connectivity index (χ2n) is 5.05. The molecule has 4 heteroatoms. The van der Waals surface area contributed by atoms with Crippen molar-refractivity contribution >= 4 is 5.97 Å². The van der Waals surface area contributed by atoms with E-state index in [0.717, 1.165) is 26.4 Å². The minimum Gasteiger partial charge on any atom is -0.479 e. The molecule has 106 valence electrons. The largest absolute Gasteiger partial charge is 0.479 e. The van der Waals surface area contributed by atoms with Crippen LogP contribution in [0.25, 0.3) is 0 Å². The lowest BCUT2D eigenvalue weighted by Crippen LogP contribution is -2.42. The quantitative estimate of drug-likeness (QED) is 0.782. The summed E-state index contributed by atoms with van der Waals surface area (Å²) in [6.07, 6.45) is 2.55. The number of hydrogen-bond donors (Lipinski definition) is 3. The topological polar surface area (TPSA) is 77.8 Å². The number of aliphatic hydroxyl groups is 2. The van der Waals surface area contributed by atoms with Gasteiger partial charge in [0, 0.05) is 13.0 Å². The van der Waals surface area contributed by atoms with Gasteiger partial charge in [0.25, 0.3) is 0 Å². The fourth-order valence-corrected chi connectivity index (χ4v) is 2.81. The number of carbonyl (C=O) groups is 1. The molecule has 3 unspecified atom stereocenters. The van der Waals surface area contributed by atoms with Crippen LogP contribution in [0.15, 0.2) is 30.3 Å². The molecule has 0 amide bonds. The highest BCUT2D eigenvalue weighted by Gasteiger charge is 2.47. The van der Waals surface area contributed by atoms with Crippen LogP contribution >= 0.6 is 0 Å². The maximum absolute atomic E-state index is 11.5. The summed E-state index contributed by atoms with van der Waals surface area (Å²) in [5.41, 5.74) is -1.24. The zero-order valence-electron chi connectivity index (χ0n) is 11.4. The third-order valence-electron chi connectivity index (χ3n) is 3.83. The third-order valence-corrected chi connectivity index (χ3v) is 3.83. The first-order valence-corrected chi connectivity index (χ1v) is 6.51. The Hall–Kier alpha value is -1.39. The molecule has 1 saturated carbocycles. The van der Waals surface area contributed by atoms with Gasteiger partial charge in [-0.15, -0.1) is 0 Å². The van der Waals surface area contributed by atoms with Gasteiger partial charge in [-0.05, 0) is 24.3 Å². The zero-order valence-corrected chi connectivity index (χ0v) is 11.4. The smallest absolute Gasteiger partial charge is 0.340 e. The summed E-state index contributed by atoms with van der Waals surface area (Å²) in [5, 5.41) is 27.0. The Bertz CT molecular complexity index is 404. The Morgan fingerprint density at radius 1 is 1.21 bits per heavy atom. The average Bonchev–Trinajstić information content (AvgIpc) is 2.88. The molecule has 1 aliphatic rings. The van der Waals surface area contributed by atoms with Crippen molar-refractivity contribution in [3.8, 4) is 0 Å². The van der Waals surface area contributed by atoms with Crippen LogP contribution in [0.5, 0.6) is 0 Å². The molecule has 1 fully saturated rings. The monoisotopic (exact) mass is 266 g/mol. The summed E-state index contributed by atoms with van der Waals surface area (Å²) in [7, 11) is 1.00. The van der Waals surface area contributed by atoms with Gasteiger partial charge < -0.3 is 15.3 Å². The van der Waals surface area contributed by atoms with E-state index in [1.807, 2.05) is 6.07 Å². The molecule has 0 radical (unpaired) electrons. The van der Waals surface area contributed by atoms with Crippen LogP contribution in [0, 0.1) is 11.8 Å². The van der Waals surface area contributed by atoms with Crippen molar-refractivity contribution in [3.63, 3.8) is 0 Å². The van der Waals surface area contributed by atoms with Crippen LogP contribution in [-0.2, 0) is 10.4 Å². The summed E-state index contributed by atoms with van der Waals surface area (Å²) in [6.45, 7) is 2.10. The number of aliphatic carboxylic acids is 1. The van der Waals surface area contributed by atoms with Gasteiger partial charge in [-0.25, -0.2) is 4.79 Å². The minimum atomic E-state index is -1.73.